The first-order valence-corrected chi connectivity index (χ1v) is 13.7. The van der Waals surface area contributed by atoms with Crippen LogP contribution < -0.4 is 29.6 Å². The van der Waals surface area contributed by atoms with E-state index < -0.39 is 0 Å². The summed E-state index contributed by atoms with van der Waals surface area (Å²) < 4.78 is 29.8. The number of hydrogen-bond acceptors (Lipinski definition) is 8. The van der Waals surface area contributed by atoms with Crippen LogP contribution in [-0.2, 0) is 4.74 Å². The van der Waals surface area contributed by atoms with E-state index in [1.165, 1.54) is 0 Å². The number of nitrogens with zero attached hydrogens (tertiary/aromatic N) is 2. The third kappa shape index (κ3) is 6.24. The van der Waals surface area contributed by atoms with Crippen LogP contribution >= 0.6 is 11.6 Å². The predicted octanol–water partition coefficient (Wildman–Crippen LogP) is 4.84. The van der Waals surface area contributed by atoms with Gasteiger partial charge in [-0.05, 0) is 37.5 Å². The molecule has 206 valence electrons. The summed E-state index contributed by atoms with van der Waals surface area (Å²) in [6, 6.07) is 8.75. The van der Waals surface area contributed by atoms with Crippen LogP contribution in [-0.4, -0.2) is 74.6 Å². The van der Waals surface area contributed by atoms with Crippen molar-refractivity contribution in [3.63, 3.8) is 0 Å². The molecular weight excluding hydrogens is 524 g/mol. The minimum Gasteiger partial charge on any atom is -0.489 e. The highest BCUT2D eigenvalue weighted by atomic mass is 35.5. The van der Waals surface area contributed by atoms with Crippen molar-refractivity contribution in [2.45, 2.75) is 25.3 Å². The van der Waals surface area contributed by atoms with Crippen LogP contribution in [0.3, 0.4) is 0 Å². The normalized spacial score (nSPS) is 17.1. The number of carbonyl (C=O) groups excluding carboxylic acids is 1. The van der Waals surface area contributed by atoms with Gasteiger partial charge in [0.1, 0.15) is 24.7 Å². The molecule has 2 aliphatic heterocycles. The van der Waals surface area contributed by atoms with Crippen molar-refractivity contribution in [1.82, 2.24) is 15.2 Å². The van der Waals surface area contributed by atoms with Crippen LogP contribution in [0.2, 0.25) is 5.02 Å². The molecule has 1 saturated heterocycles. The van der Waals surface area contributed by atoms with Crippen molar-refractivity contribution in [3.05, 3.63) is 41.6 Å². The van der Waals surface area contributed by atoms with Crippen molar-refractivity contribution in [3.8, 4) is 28.7 Å². The maximum absolute atomic E-state index is 12.1. The first-order chi connectivity index (χ1) is 19.1. The number of rotatable bonds is 9. The van der Waals surface area contributed by atoms with Crippen LogP contribution in [0.4, 0.5) is 10.5 Å². The fourth-order valence-corrected chi connectivity index (χ4v) is 4.84. The molecule has 39 heavy (non-hydrogen) atoms. The number of morpholine rings is 1. The molecule has 3 aliphatic rings. The highest BCUT2D eigenvalue weighted by Gasteiger charge is 2.25. The maximum atomic E-state index is 12.1. The third-order valence-electron chi connectivity index (χ3n) is 6.75. The Labute approximate surface area is 231 Å². The van der Waals surface area contributed by atoms with Crippen LogP contribution in [0.25, 0.3) is 10.9 Å². The molecule has 1 aliphatic carbocycles. The first-order valence-electron chi connectivity index (χ1n) is 13.3. The summed E-state index contributed by atoms with van der Waals surface area (Å²) in [7, 11) is 0. The van der Waals surface area contributed by atoms with E-state index in [1.807, 2.05) is 6.07 Å². The zero-order valence-electron chi connectivity index (χ0n) is 21.5. The molecule has 6 rings (SSSR count). The van der Waals surface area contributed by atoms with Gasteiger partial charge in [-0.15, -0.1) is 0 Å². The average Bonchev–Trinajstić information content (AvgIpc) is 3.77. The van der Waals surface area contributed by atoms with Gasteiger partial charge in [-0.2, -0.15) is 0 Å². The van der Waals surface area contributed by atoms with Gasteiger partial charge in [-0.3, -0.25) is 9.88 Å². The molecule has 2 aromatic carbocycles. The molecule has 2 N–H and O–H groups in total. The Kier molecular flexibility index (Phi) is 7.76. The Morgan fingerprint density at radius 3 is 2.67 bits per heavy atom. The fraction of sp³-hybridized carbons (Fsp3) is 0.429. The van der Waals surface area contributed by atoms with E-state index in [0.717, 1.165) is 52.1 Å². The number of amides is 2. The topological polar surface area (TPSA) is 103 Å². The molecule has 0 atom stereocenters. The molecule has 0 unspecified atom stereocenters. The second-order valence-corrected chi connectivity index (χ2v) is 10.1. The van der Waals surface area contributed by atoms with Gasteiger partial charge in [-0.25, -0.2) is 4.79 Å². The smallest absolute Gasteiger partial charge is 0.319 e. The number of nitrogens with one attached hydrogen (secondary N) is 2. The molecule has 0 bridgehead atoms. The summed E-state index contributed by atoms with van der Waals surface area (Å²) in [6.45, 7) is 5.81. The summed E-state index contributed by atoms with van der Waals surface area (Å²) >= 11 is 6.45. The van der Waals surface area contributed by atoms with Gasteiger partial charge < -0.3 is 34.3 Å². The van der Waals surface area contributed by atoms with Gasteiger partial charge in [0.15, 0.2) is 11.5 Å². The van der Waals surface area contributed by atoms with E-state index in [-0.39, 0.29) is 12.1 Å². The molecule has 0 spiro atoms. The Balaban J connectivity index is 1.19. The average molecular weight is 555 g/mol. The quantitative estimate of drug-likeness (QED) is 0.362. The molecule has 2 fully saturated rings. The monoisotopic (exact) mass is 554 g/mol. The molecule has 2 amide bonds. The van der Waals surface area contributed by atoms with E-state index in [4.69, 9.17) is 35.3 Å². The zero-order chi connectivity index (χ0) is 26.6. The van der Waals surface area contributed by atoms with Crippen LogP contribution in [0, 0.1) is 0 Å². The SMILES string of the molecule is O=C(Nc1ccc(Oc2ccnc3cc(OCCCN4CCOCC4)c4c(c23)OCCO4)cc1Cl)NC1CC1. The summed E-state index contributed by atoms with van der Waals surface area (Å²) in [5.74, 6) is 2.76. The van der Waals surface area contributed by atoms with Gasteiger partial charge in [0.25, 0.3) is 0 Å². The fourth-order valence-electron chi connectivity index (χ4n) is 4.62. The number of urea groups is 1. The van der Waals surface area contributed by atoms with E-state index in [1.54, 1.807) is 30.5 Å². The first kappa shape index (κ1) is 25.8. The Hall–Kier alpha value is -3.47. The van der Waals surface area contributed by atoms with Crippen LogP contribution in [0.1, 0.15) is 19.3 Å². The van der Waals surface area contributed by atoms with Crippen LogP contribution in [0.15, 0.2) is 36.5 Å². The van der Waals surface area contributed by atoms with E-state index in [9.17, 15) is 4.79 Å². The minimum absolute atomic E-state index is 0.254. The van der Waals surface area contributed by atoms with Gasteiger partial charge in [0, 0.05) is 44.0 Å². The van der Waals surface area contributed by atoms with Crippen molar-refractivity contribution < 1.29 is 28.5 Å². The number of carbonyl (C=O) groups is 1. The summed E-state index contributed by atoms with van der Waals surface area (Å²) in [5, 5.41) is 6.72. The van der Waals surface area contributed by atoms with Gasteiger partial charge in [0.2, 0.25) is 5.75 Å². The highest BCUT2D eigenvalue weighted by Crippen LogP contribution is 2.48. The van der Waals surface area contributed by atoms with Crippen molar-refractivity contribution >= 4 is 34.2 Å². The van der Waals surface area contributed by atoms with Crippen LogP contribution in [0.5, 0.6) is 28.7 Å². The number of halogens is 1. The standard InChI is InChI=1S/C28H31ClN4O6/c29-20-16-19(4-5-21(20)32-28(34)31-18-2-3-18)39-23-6-7-30-22-17-24(26-27(25(22)23)38-15-14-37-26)36-11-1-8-33-9-12-35-13-10-33/h4-7,16-18H,1-3,8-15H2,(H2,31,32,34). The van der Waals surface area contributed by atoms with Crippen molar-refractivity contribution in [2.24, 2.45) is 0 Å². The molecule has 0 radical (unpaired) electrons. The molecule has 1 saturated carbocycles. The molecule has 3 aromatic rings. The highest BCUT2D eigenvalue weighted by molar-refractivity contribution is 6.33. The van der Waals surface area contributed by atoms with E-state index >= 15 is 0 Å². The van der Waals surface area contributed by atoms with E-state index in [0.29, 0.717) is 70.2 Å². The second-order valence-electron chi connectivity index (χ2n) is 9.71. The Bertz CT molecular complexity index is 1350. The number of hydrogen-bond donors (Lipinski definition) is 2. The molecule has 1 aromatic heterocycles. The second kappa shape index (κ2) is 11.7. The van der Waals surface area contributed by atoms with Gasteiger partial charge in [0.05, 0.1) is 41.4 Å². The lowest BCUT2D eigenvalue weighted by Crippen LogP contribution is -2.37. The maximum Gasteiger partial charge on any atom is 0.319 e. The lowest BCUT2D eigenvalue weighted by atomic mass is 10.1. The molecule has 10 nitrogen and oxygen atoms in total. The molecule has 11 heteroatoms. The lowest BCUT2D eigenvalue weighted by molar-refractivity contribution is 0.0357. The van der Waals surface area contributed by atoms with Crippen molar-refractivity contribution in [2.75, 3.05) is 58.0 Å². The number of ether oxygens (including phenoxy) is 5. The third-order valence-corrected chi connectivity index (χ3v) is 7.06. The Morgan fingerprint density at radius 2 is 1.87 bits per heavy atom. The Morgan fingerprint density at radius 1 is 1.05 bits per heavy atom. The minimum atomic E-state index is -0.268. The van der Waals surface area contributed by atoms with E-state index in [2.05, 4.69) is 20.5 Å². The summed E-state index contributed by atoms with van der Waals surface area (Å²) in [6.07, 6.45) is 4.58. The number of anilines is 1. The number of benzene rings is 2. The molecule has 3 heterocycles. The largest absolute Gasteiger partial charge is 0.489 e. The summed E-state index contributed by atoms with van der Waals surface area (Å²) in [5.41, 5.74) is 1.17. The van der Waals surface area contributed by atoms with Crippen molar-refractivity contribution in [1.29, 1.82) is 0 Å². The van der Waals surface area contributed by atoms with Gasteiger partial charge >= 0.3 is 6.03 Å². The lowest BCUT2D eigenvalue weighted by Gasteiger charge is -2.26. The number of fused-ring (bicyclic) bond motifs is 3. The number of pyridine rings is 1. The zero-order valence-corrected chi connectivity index (χ0v) is 22.3. The summed E-state index contributed by atoms with van der Waals surface area (Å²) in [4.78, 5) is 19.0. The molecular formula is C28H31ClN4O6. The predicted molar refractivity (Wildman–Crippen MR) is 147 cm³/mol. The number of aromatic nitrogens is 1. The van der Waals surface area contributed by atoms with Gasteiger partial charge in [-0.1, -0.05) is 11.6 Å².